The largest absolute Gasteiger partial charge is 0.359 e. The molecule has 1 nitrogen and oxygen atoms in total. The van der Waals surface area contributed by atoms with Crippen molar-refractivity contribution in [1.82, 2.24) is 4.98 Å². The number of aromatic amines is 1. The Morgan fingerprint density at radius 3 is 3.09 bits per heavy atom. The van der Waals surface area contributed by atoms with Crippen molar-refractivity contribution in [1.29, 1.82) is 0 Å². The molecule has 0 unspecified atom stereocenters. The third-order valence-corrected chi connectivity index (χ3v) is 1.79. The predicted octanol–water partition coefficient (Wildman–Crippen LogP) is 2.86. The van der Waals surface area contributed by atoms with Crippen LogP contribution in [-0.2, 0) is 0 Å². The van der Waals surface area contributed by atoms with Crippen LogP contribution in [-0.4, -0.2) is 4.98 Å². The zero-order valence-electron chi connectivity index (χ0n) is 6.19. The number of halogens is 1. The lowest BCUT2D eigenvalue weighted by atomic mass is 10.2. The summed E-state index contributed by atoms with van der Waals surface area (Å²) in [5.41, 5.74) is 2.00. The van der Waals surface area contributed by atoms with Gasteiger partial charge in [-0.15, -0.1) is 0 Å². The van der Waals surface area contributed by atoms with E-state index in [1.165, 1.54) is 6.20 Å². The summed E-state index contributed by atoms with van der Waals surface area (Å²) in [7, 11) is 0. The number of aromatic nitrogens is 1. The van der Waals surface area contributed by atoms with Gasteiger partial charge < -0.3 is 4.98 Å². The molecule has 0 aliphatic carbocycles. The van der Waals surface area contributed by atoms with Gasteiger partial charge >= 0.3 is 0 Å². The van der Waals surface area contributed by atoms with Crippen LogP contribution in [0.3, 0.4) is 0 Å². The summed E-state index contributed by atoms with van der Waals surface area (Å²) in [5.74, 6) is -0.181. The average Bonchev–Trinajstić information content (AvgIpc) is 2.32. The third kappa shape index (κ3) is 0.909. The molecule has 0 saturated heterocycles. The molecule has 0 radical (unpaired) electrons. The Balaban J connectivity index is 0.000000720. The zero-order chi connectivity index (χ0) is 7.84. The maximum atomic E-state index is 12.8. The van der Waals surface area contributed by atoms with Crippen LogP contribution in [0.4, 0.5) is 4.39 Å². The summed E-state index contributed by atoms with van der Waals surface area (Å²) in [6.07, 6.45) is 1.38. The van der Waals surface area contributed by atoms with Crippen molar-refractivity contribution in [2.24, 2.45) is 0 Å². The molecular weight excluding hydrogens is 141 g/mol. The Bertz CT molecular complexity index is 394. The van der Waals surface area contributed by atoms with Crippen molar-refractivity contribution < 1.29 is 5.82 Å². The van der Waals surface area contributed by atoms with Crippen molar-refractivity contribution in [3.05, 3.63) is 35.8 Å². The van der Waals surface area contributed by atoms with Gasteiger partial charge in [0.05, 0.1) is 0 Å². The number of benzene rings is 1. The molecule has 11 heavy (non-hydrogen) atoms. The minimum absolute atomic E-state index is 0. The number of fused-ring (bicyclic) bond motifs is 1. The highest BCUT2D eigenvalue weighted by molar-refractivity contribution is 5.80. The molecule has 1 N–H and O–H groups in total. The minimum atomic E-state index is -0.181. The molecule has 58 valence electrons. The number of H-pyrrole nitrogens is 1. The van der Waals surface area contributed by atoms with Crippen molar-refractivity contribution in [3.8, 4) is 0 Å². The molecule has 0 fully saturated rings. The van der Waals surface area contributed by atoms with E-state index in [2.05, 4.69) is 4.98 Å². The van der Waals surface area contributed by atoms with E-state index >= 15 is 0 Å². The van der Waals surface area contributed by atoms with E-state index in [0.717, 1.165) is 11.1 Å². The van der Waals surface area contributed by atoms with Crippen molar-refractivity contribution in [2.75, 3.05) is 0 Å². The van der Waals surface area contributed by atoms with Crippen LogP contribution in [0, 0.1) is 12.7 Å². The average molecular weight is 151 g/mol. The second-order valence-corrected chi connectivity index (χ2v) is 2.69. The molecule has 0 bridgehead atoms. The molecule has 0 aliphatic rings. The van der Waals surface area contributed by atoms with E-state index in [9.17, 15) is 4.39 Å². The van der Waals surface area contributed by atoms with Gasteiger partial charge in [-0.05, 0) is 24.6 Å². The van der Waals surface area contributed by atoms with Crippen LogP contribution in [0.15, 0.2) is 24.4 Å². The van der Waals surface area contributed by atoms with Gasteiger partial charge in [0, 0.05) is 18.5 Å². The molecule has 0 aliphatic heterocycles. The highest BCUT2D eigenvalue weighted by Gasteiger charge is 2.00. The van der Waals surface area contributed by atoms with Gasteiger partial charge in [-0.25, -0.2) is 4.39 Å². The first-order valence-electron chi connectivity index (χ1n) is 3.50. The molecule has 2 rings (SSSR count). The summed E-state index contributed by atoms with van der Waals surface area (Å²) in [5, 5.41) is 0.663. The Labute approximate surface area is 65.3 Å². The second kappa shape index (κ2) is 2.09. The minimum Gasteiger partial charge on any atom is -0.359 e. The van der Waals surface area contributed by atoms with Crippen LogP contribution < -0.4 is 0 Å². The summed E-state index contributed by atoms with van der Waals surface area (Å²) in [4.78, 5) is 2.85. The maximum absolute atomic E-state index is 12.8. The van der Waals surface area contributed by atoms with Crippen LogP contribution in [0.5, 0.6) is 0 Å². The highest BCUT2D eigenvalue weighted by atomic mass is 19.1. The Kier molecular flexibility index (Phi) is 1.22. The number of rotatable bonds is 0. The number of aryl methyl sites for hydroxylation is 1. The zero-order valence-corrected chi connectivity index (χ0v) is 6.19. The summed E-state index contributed by atoms with van der Waals surface area (Å²) >= 11 is 0. The third-order valence-electron chi connectivity index (χ3n) is 1.79. The van der Waals surface area contributed by atoms with Crippen LogP contribution in [0.2, 0.25) is 0 Å². The van der Waals surface area contributed by atoms with E-state index < -0.39 is 0 Å². The first kappa shape index (κ1) is 6.40. The van der Waals surface area contributed by atoms with Gasteiger partial charge in [0.1, 0.15) is 5.82 Å². The lowest BCUT2D eigenvalue weighted by Crippen LogP contribution is -1.72. The van der Waals surface area contributed by atoms with Gasteiger partial charge in [0.2, 0.25) is 0 Å². The first-order valence-corrected chi connectivity index (χ1v) is 3.50. The van der Waals surface area contributed by atoms with E-state index in [1.807, 2.05) is 19.1 Å². The van der Waals surface area contributed by atoms with Crippen LogP contribution >= 0.6 is 0 Å². The molecule has 1 aromatic carbocycles. The number of hydrogen-bond donors (Lipinski definition) is 1. The quantitative estimate of drug-likeness (QED) is 0.596. The predicted molar refractivity (Wildman–Crippen MR) is 45.1 cm³/mol. The Morgan fingerprint density at radius 2 is 2.27 bits per heavy atom. The van der Waals surface area contributed by atoms with Gasteiger partial charge in [-0.3, -0.25) is 0 Å². The monoisotopic (exact) mass is 151 g/mol. The summed E-state index contributed by atoms with van der Waals surface area (Å²) < 4.78 is 12.8. The first-order chi connectivity index (χ1) is 5.27. The fraction of sp³-hybridized carbons (Fsp3) is 0.111. The molecule has 1 aromatic heterocycles. The molecule has 2 heteroatoms. The van der Waals surface area contributed by atoms with E-state index in [-0.39, 0.29) is 7.24 Å². The summed E-state index contributed by atoms with van der Waals surface area (Å²) in [6, 6.07) is 5.62. The topological polar surface area (TPSA) is 15.8 Å². The van der Waals surface area contributed by atoms with E-state index in [4.69, 9.17) is 0 Å². The molecular formula is C9H10FN. The van der Waals surface area contributed by atoms with Gasteiger partial charge in [0.15, 0.2) is 0 Å². The Morgan fingerprint density at radius 1 is 1.45 bits per heavy atom. The van der Waals surface area contributed by atoms with Crippen LogP contribution in [0.25, 0.3) is 10.9 Å². The van der Waals surface area contributed by atoms with Crippen LogP contribution in [0.1, 0.15) is 6.99 Å². The molecule has 1 heterocycles. The second-order valence-electron chi connectivity index (χ2n) is 2.69. The Hall–Kier alpha value is -1.31. The number of hydrogen-bond acceptors (Lipinski definition) is 0. The maximum Gasteiger partial charge on any atom is 0.148 e. The van der Waals surface area contributed by atoms with Gasteiger partial charge in [-0.1, -0.05) is 6.07 Å². The van der Waals surface area contributed by atoms with Crippen molar-refractivity contribution in [3.63, 3.8) is 0 Å². The SMILES string of the molecule is Cc1ccc2c(F)c[nH]c2c1.[HH]. The molecule has 2 aromatic rings. The molecule has 0 amide bonds. The lowest BCUT2D eigenvalue weighted by molar-refractivity contribution is 0.639. The molecule has 0 atom stereocenters. The lowest BCUT2D eigenvalue weighted by Gasteiger charge is -1.91. The van der Waals surface area contributed by atoms with Crippen molar-refractivity contribution in [2.45, 2.75) is 6.92 Å². The molecule has 0 saturated carbocycles. The van der Waals surface area contributed by atoms with E-state index in [1.54, 1.807) is 6.07 Å². The normalized spacial score (nSPS) is 10.7. The van der Waals surface area contributed by atoms with Gasteiger partial charge in [0.25, 0.3) is 0 Å². The smallest absolute Gasteiger partial charge is 0.148 e. The fourth-order valence-corrected chi connectivity index (χ4v) is 1.20. The molecule has 0 spiro atoms. The summed E-state index contributed by atoms with van der Waals surface area (Å²) in [6.45, 7) is 1.98. The van der Waals surface area contributed by atoms with E-state index in [0.29, 0.717) is 5.39 Å². The standard InChI is InChI=1S/C9H8FN.H2/c1-6-2-3-7-8(10)5-11-9(7)4-6;/h2-5,11H,1H3;1H. The van der Waals surface area contributed by atoms with Gasteiger partial charge in [-0.2, -0.15) is 0 Å². The fourth-order valence-electron chi connectivity index (χ4n) is 1.20. The number of nitrogens with one attached hydrogen (secondary N) is 1. The van der Waals surface area contributed by atoms with Crippen molar-refractivity contribution >= 4 is 10.9 Å². The highest BCUT2D eigenvalue weighted by Crippen LogP contribution is 2.17.